The normalized spacial score (nSPS) is 12.3. The van der Waals surface area contributed by atoms with E-state index in [0.29, 0.717) is 45.0 Å². The molecule has 4 aromatic rings. The number of aryl methyl sites for hydroxylation is 1. The number of halogens is 1. The number of methoxy groups -OCH3 is 1. The molecule has 5 rings (SSSR count). The first kappa shape index (κ1) is 22.0. The van der Waals surface area contributed by atoms with Crippen molar-refractivity contribution in [2.45, 2.75) is 11.8 Å². The zero-order valence-corrected chi connectivity index (χ0v) is 19.8. The fourth-order valence-corrected chi connectivity index (χ4v) is 4.76. The number of ether oxygens (including phenoxy) is 2. The molecule has 0 radical (unpaired) electrons. The Bertz CT molecular complexity index is 1530. The average molecular weight is 495 g/mol. The van der Waals surface area contributed by atoms with Crippen molar-refractivity contribution in [2.24, 2.45) is 4.99 Å². The molecule has 1 aliphatic heterocycles. The molecule has 172 valence electrons. The van der Waals surface area contributed by atoms with Crippen LogP contribution >= 0.6 is 11.6 Å². The molecule has 1 aromatic heterocycles. The minimum absolute atomic E-state index is 0.0416. The van der Waals surface area contributed by atoms with Crippen molar-refractivity contribution < 1.29 is 17.9 Å². The van der Waals surface area contributed by atoms with Crippen LogP contribution in [0.15, 0.2) is 76.6 Å². The Kier molecular flexibility index (Phi) is 5.51. The van der Waals surface area contributed by atoms with Gasteiger partial charge in [-0.05, 0) is 61.5 Å². The molecular formula is C24H19ClN4O4S. The maximum absolute atomic E-state index is 13.0. The lowest BCUT2D eigenvalue weighted by Gasteiger charge is -2.13. The molecular weight excluding hydrogens is 476 g/mol. The number of hydrogen-bond acceptors (Lipinski definition) is 6. The molecule has 0 saturated carbocycles. The maximum Gasteiger partial charge on any atom is 0.262 e. The molecule has 2 heterocycles. The summed E-state index contributed by atoms with van der Waals surface area (Å²) in [6.45, 7) is 1.85. The Morgan fingerprint density at radius 2 is 1.82 bits per heavy atom. The van der Waals surface area contributed by atoms with E-state index in [0.717, 1.165) is 5.69 Å². The summed E-state index contributed by atoms with van der Waals surface area (Å²) in [5.41, 5.74) is 2.90. The number of rotatable bonds is 5. The van der Waals surface area contributed by atoms with Gasteiger partial charge in [0.15, 0.2) is 5.75 Å². The number of anilines is 1. The summed E-state index contributed by atoms with van der Waals surface area (Å²) < 4.78 is 41.7. The number of aliphatic imine (C=N–C) groups is 1. The number of benzene rings is 3. The van der Waals surface area contributed by atoms with Crippen molar-refractivity contribution in [3.63, 3.8) is 0 Å². The summed E-state index contributed by atoms with van der Waals surface area (Å²) in [5.74, 6) is 1.30. The largest absolute Gasteiger partial charge is 0.495 e. The van der Waals surface area contributed by atoms with Crippen molar-refractivity contribution >= 4 is 39.2 Å². The van der Waals surface area contributed by atoms with Gasteiger partial charge in [-0.25, -0.2) is 8.42 Å². The summed E-state index contributed by atoms with van der Waals surface area (Å²) in [7, 11) is -2.42. The second-order valence-electron chi connectivity index (χ2n) is 7.49. The van der Waals surface area contributed by atoms with Gasteiger partial charge in [-0.15, -0.1) is 0 Å². The second kappa shape index (κ2) is 8.51. The number of nitrogens with one attached hydrogen (secondary N) is 1. The number of aromatic nitrogens is 2. The zero-order valence-electron chi connectivity index (χ0n) is 18.2. The molecule has 34 heavy (non-hydrogen) atoms. The van der Waals surface area contributed by atoms with E-state index >= 15 is 0 Å². The summed E-state index contributed by atoms with van der Waals surface area (Å²) >= 11 is 6.02. The topological polar surface area (TPSA) is 94.8 Å². The first-order chi connectivity index (χ1) is 16.4. The van der Waals surface area contributed by atoms with Crippen LogP contribution in [-0.2, 0) is 10.0 Å². The maximum atomic E-state index is 13.0. The quantitative estimate of drug-likeness (QED) is 0.348. The molecule has 0 saturated heterocycles. The van der Waals surface area contributed by atoms with Gasteiger partial charge in [0.25, 0.3) is 10.0 Å². The Balaban J connectivity index is 1.51. The highest BCUT2D eigenvalue weighted by molar-refractivity contribution is 7.92. The van der Waals surface area contributed by atoms with Crippen LogP contribution in [0.2, 0.25) is 5.02 Å². The van der Waals surface area contributed by atoms with Crippen LogP contribution in [0.5, 0.6) is 17.4 Å². The molecule has 0 spiro atoms. The van der Waals surface area contributed by atoms with Crippen LogP contribution in [0.4, 0.5) is 11.4 Å². The molecule has 3 aromatic carbocycles. The summed E-state index contributed by atoms with van der Waals surface area (Å²) in [5, 5.41) is 5.18. The van der Waals surface area contributed by atoms with Crippen molar-refractivity contribution in [3.05, 3.63) is 83.0 Å². The Hall–Kier alpha value is -3.82. The second-order valence-corrected chi connectivity index (χ2v) is 9.61. The lowest BCUT2D eigenvalue weighted by Crippen LogP contribution is -2.13. The predicted octanol–water partition coefficient (Wildman–Crippen LogP) is 5.50. The number of nitrogens with zero attached hydrogens (tertiary/aromatic N) is 3. The first-order valence-corrected chi connectivity index (χ1v) is 12.1. The van der Waals surface area contributed by atoms with Crippen molar-refractivity contribution in [1.29, 1.82) is 0 Å². The predicted molar refractivity (Wildman–Crippen MR) is 131 cm³/mol. The van der Waals surface area contributed by atoms with Crippen molar-refractivity contribution in [3.8, 4) is 23.1 Å². The van der Waals surface area contributed by atoms with E-state index in [1.165, 1.54) is 19.2 Å². The van der Waals surface area contributed by atoms with E-state index < -0.39 is 10.0 Å². The minimum atomic E-state index is -3.90. The molecule has 1 aliphatic rings. The number of sulfonamides is 1. The monoisotopic (exact) mass is 494 g/mol. The fourth-order valence-electron chi connectivity index (χ4n) is 3.54. The standard InChI is InChI=1S/C24H19ClN4O4S/c1-15-19-14-26-21-13-18(34(30,31)28-20-5-3-4-6-22(20)32-2)11-12-23(21)33-24(19)29(27-15)17-9-7-16(25)8-10-17/h3-14,28H,1-2H3. The minimum Gasteiger partial charge on any atom is -0.495 e. The van der Waals surface area contributed by atoms with Gasteiger partial charge in [-0.1, -0.05) is 23.7 Å². The zero-order chi connectivity index (χ0) is 23.9. The van der Waals surface area contributed by atoms with Crippen LogP contribution in [0.25, 0.3) is 5.69 Å². The molecule has 0 atom stereocenters. The van der Waals surface area contributed by atoms with Gasteiger partial charge in [-0.3, -0.25) is 9.71 Å². The fraction of sp³-hybridized carbons (Fsp3) is 0.0833. The third kappa shape index (κ3) is 4.00. The van der Waals surface area contributed by atoms with Crippen LogP contribution in [0, 0.1) is 6.92 Å². The van der Waals surface area contributed by atoms with Gasteiger partial charge in [0.05, 0.1) is 34.6 Å². The van der Waals surface area contributed by atoms with Gasteiger partial charge in [0, 0.05) is 11.2 Å². The highest BCUT2D eigenvalue weighted by atomic mass is 35.5. The molecule has 0 unspecified atom stereocenters. The smallest absolute Gasteiger partial charge is 0.262 e. The van der Waals surface area contributed by atoms with Gasteiger partial charge < -0.3 is 9.47 Å². The molecule has 10 heteroatoms. The van der Waals surface area contributed by atoms with Crippen LogP contribution in [0.1, 0.15) is 11.3 Å². The SMILES string of the molecule is COc1ccccc1NS(=O)(=O)c1ccc2c(c1)N=Cc1c(C)nn(-c3ccc(Cl)cc3)c1O2. The van der Waals surface area contributed by atoms with Crippen LogP contribution in [0.3, 0.4) is 0 Å². The molecule has 0 aliphatic carbocycles. The van der Waals surface area contributed by atoms with Crippen LogP contribution < -0.4 is 14.2 Å². The Morgan fingerprint density at radius 1 is 1.06 bits per heavy atom. The average Bonchev–Trinajstić information content (AvgIpc) is 3.01. The van der Waals surface area contributed by atoms with E-state index in [4.69, 9.17) is 21.1 Å². The first-order valence-electron chi connectivity index (χ1n) is 10.2. The number of hydrogen-bond donors (Lipinski definition) is 1. The van der Waals surface area contributed by atoms with Gasteiger partial charge in [0.2, 0.25) is 5.88 Å². The number of fused-ring (bicyclic) bond motifs is 2. The van der Waals surface area contributed by atoms with E-state index in [9.17, 15) is 8.42 Å². The molecule has 0 fully saturated rings. The van der Waals surface area contributed by atoms with Gasteiger partial charge >= 0.3 is 0 Å². The van der Waals surface area contributed by atoms with Gasteiger partial charge in [0.1, 0.15) is 11.4 Å². The lowest BCUT2D eigenvalue weighted by molar-refractivity contribution is 0.417. The molecule has 1 N–H and O–H groups in total. The Labute approximate surface area is 201 Å². The third-order valence-corrected chi connectivity index (χ3v) is 6.88. The summed E-state index contributed by atoms with van der Waals surface area (Å²) in [4.78, 5) is 4.53. The summed E-state index contributed by atoms with van der Waals surface area (Å²) in [6, 6.07) is 18.5. The molecule has 0 amide bonds. The van der Waals surface area contributed by atoms with E-state index in [-0.39, 0.29) is 4.90 Å². The molecule has 8 nitrogen and oxygen atoms in total. The number of para-hydroxylation sites is 2. The van der Waals surface area contributed by atoms with Gasteiger partial charge in [-0.2, -0.15) is 9.78 Å². The van der Waals surface area contributed by atoms with Crippen LogP contribution in [-0.4, -0.2) is 31.5 Å². The lowest BCUT2D eigenvalue weighted by atomic mass is 10.2. The van der Waals surface area contributed by atoms with Crippen molar-refractivity contribution in [2.75, 3.05) is 11.8 Å². The third-order valence-electron chi connectivity index (χ3n) is 5.27. The highest BCUT2D eigenvalue weighted by Gasteiger charge is 2.24. The van der Waals surface area contributed by atoms with E-state index in [2.05, 4.69) is 14.8 Å². The Morgan fingerprint density at radius 3 is 2.59 bits per heavy atom. The summed E-state index contributed by atoms with van der Waals surface area (Å²) in [6.07, 6.45) is 1.62. The molecule has 0 bridgehead atoms. The van der Waals surface area contributed by atoms with E-state index in [1.807, 2.05) is 19.1 Å². The van der Waals surface area contributed by atoms with Crippen molar-refractivity contribution in [1.82, 2.24) is 9.78 Å². The highest BCUT2D eigenvalue weighted by Crippen LogP contribution is 2.39. The van der Waals surface area contributed by atoms with E-state index in [1.54, 1.807) is 53.4 Å².